The fourth-order valence-corrected chi connectivity index (χ4v) is 10.3. The molecule has 0 radical (unpaired) electrons. The lowest BCUT2D eigenvalue weighted by Gasteiger charge is -2.18. The summed E-state index contributed by atoms with van der Waals surface area (Å²) in [5, 5.41) is 0. The van der Waals surface area contributed by atoms with Gasteiger partial charge in [-0.25, -0.2) is 0 Å². The van der Waals surface area contributed by atoms with Crippen molar-refractivity contribution in [1.29, 1.82) is 0 Å². The zero-order valence-electron chi connectivity index (χ0n) is 53.3. The number of hydrogen-bond acceptors (Lipinski definition) is 6. The fourth-order valence-electron chi connectivity index (χ4n) is 10.3. The molecule has 0 aromatic carbocycles. The Hall–Kier alpha value is -3.15. The van der Waals surface area contributed by atoms with E-state index in [1.165, 1.54) is 225 Å². The van der Waals surface area contributed by atoms with Crippen LogP contribution in [0.25, 0.3) is 0 Å². The van der Waals surface area contributed by atoms with Gasteiger partial charge in [-0.1, -0.05) is 338 Å². The van der Waals surface area contributed by atoms with Crippen molar-refractivity contribution in [1.82, 2.24) is 0 Å². The first-order valence-electron chi connectivity index (χ1n) is 34.9. The lowest BCUT2D eigenvalue weighted by Crippen LogP contribution is -2.30. The minimum absolute atomic E-state index is 0.101. The van der Waals surface area contributed by atoms with Crippen molar-refractivity contribution in [3.05, 3.63) is 72.9 Å². The molecule has 0 spiro atoms. The number of carbonyl (C=O) groups excluding carboxylic acids is 3. The van der Waals surface area contributed by atoms with Gasteiger partial charge in [0.15, 0.2) is 6.10 Å². The number of allylic oxidation sites excluding steroid dienone is 12. The predicted octanol–water partition coefficient (Wildman–Crippen LogP) is 24.1. The van der Waals surface area contributed by atoms with E-state index < -0.39 is 6.10 Å². The highest BCUT2D eigenvalue weighted by molar-refractivity contribution is 5.71. The van der Waals surface area contributed by atoms with Crippen molar-refractivity contribution in [2.45, 2.75) is 367 Å². The van der Waals surface area contributed by atoms with Crippen LogP contribution in [0.5, 0.6) is 0 Å². The first kappa shape index (κ1) is 76.9. The lowest BCUT2D eigenvalue weighted by atomic mass is 10.0. The summed E-state index contributed by atoms with van der Waals surface area (Å²) in [7, 11) is 0. The highest BCUT2D eigenvalue weighted by Crippen LogP contribution is 2.18. The van der Waals surface area contributed by atoms with Crippen LogP contribution < -0.4 is 0 Å². The van der Waals surface area contributed by atoms with Gasteiger partial charge in [0.2, 0.25) is 0 Å². The number of carbonyl (C=O) groups is 3. The van der Waals surface area contributed by atoms with E-state index in [0.29, 0.717) is 19.3 Å². The molecular weight excluding hydrogens is 985 g/mol. The monoisotopic (exact) mass is 1120 g/mol. The number of unbranched alkanes of at least 4 members (excludes halogenated alkanes) is 41. The SMILES string of the molecule is CC/C=C\C/C=C\C/C=C\C/C=C\CCC(=O)OCC(COC(=O)CCCCCCCCCCCCCCCCCCCCCCCCCCCCCCCCCCC)OC(=O)CCCCCCC/C=C\C/C=C\CCCCCC. The van der Waals surface area contributed by atoms with Gasteiger partial charge in [0.1, 0.15) is 13.2 Å². The molecule has 0 aromatic rings. The number of hydrogen-bond donors (Lipinski definition) is 0. The molecule has 1 atom stereocenters. The van der Waals surface area contributed by atoms with E-state index in [1.54, 1.807) is 0 Å². The van der Waals surface area contributed by atoms with Crippen LogP contribution in [0.3, 0.4) is 0 Å². The molecule has 464 valence electrons. The Kier molecular flexibility index (Phi) is 65.7. The summed E-state index contributed by atoms with van der Waals surface area (Å²) in [4.78, 5) is 38.2. The summed E-state index contributed by atoms with van der Waals surface area (Å²) in [5.41, 5.74) is 0. The average Bonchev–Trinajstić information content (AvgIpc) is 3.46. The summed E-state index contributed by atoms with van der Waals surface area (Å²) in [6.07, 6.45) is 89.7. The van der Waals surface area contributed by atoms with Gasteiger partial charge in [-0.15, -0.1) is 0 Å². The van der Waals surface area contributed by atoms with Gasteiger partial charge in [0, 0.05) is 19.3 Å². The summed E-state index contributed by atoms with van der Waals surface area (Å²) in [6, 6.07) is 0. The third kappa shape index (κ3) is 65.7. The molecule has 1 unspecified atom stereocenters. The van der Waals surface area contributed by atoms with Crippen LogP contribution in [-0.4, -0.2) is 37.2 Å². The molecule has 0 fully saturated rings. The van der Waals surface area contributed by atoms with Crippen molar-refractivity contribution < 1.29 is 28.6 Å². The number of esters is 3. The van der Waals surface area contributed by atoms with Gasteiger partial charge >= 0.3 is 17.9 Å². The second-order valence-corrected chi connectivity index (χ2v) is 23.4. The Bertz CT molecular complexity index is 1470. The van der Waals surface area contributed by atoms with Crippen LogP contribution in [0.1, 0.15) is 361 Å². The molecule has 0 saturated heterocycles. The summed E-state index contributed by atoms with van der Waals surface area (Å²) in [6.45, 7) is 6.48. The number of rotatable bonds is 64. The molecule has 6 nitrogen and oxygen atoms in total. The standard InChI is InChI=1S/C74H132O6/c1-4-7-10-13-16-19-22-25-27-29-30-31-32-33-34-35-36-37-38-39-40-41-42-43-44-45-47-49-52-55-58-61-64-67-73(76)79-70-71(69-78-72(75)66-63-60-57-54-51-48-24-21-18-15-12-9-6-3)80-74(77)68-65-62-59-56-53-50-46-28-26-23-20-17-14-11-8-5-2/h9,12,18,20-21,23,28,46,48,51,57,60,71H,4-8,10-11,13-17,19,22,24-27,29-45,47,49-50,52-56,58-59,61-70H2,1-3H3/b12-9-,21-18-,23-20-,46-28-,51-48-,60-57-. The van der Waals surface area contributed by atoms with Crippen molar-refractivity contribution >= 4 is 17.9 Å². The largest absolute Gasteiger partial charge is 0.462 e. The molecule has 0 aliphatic carbocycles. The van der Waals surface area contributed by atoms with E-state index in [0.717, 1.165) is 89.9 Å². The van der Waals surface area contributed by atoms with Gasteiger partial charge in [0.05, 0.1) is 0 Å². The van der Waals surface area contributed by atoms with Gasteiger partial charge in [-0.2, -0.15) is 0 Å². The van der Waals surface area contributed by atoms with Crippen molar-refractivity contribution in [2.75, 3.05) is 13.2 Å². The minimum Gasteiger partial charge on any atom is -0.462 e. The molecule has 6 heteroatoms. The average molecular weight is 1120 g/mol. The van der Waals surface area contributed by atoms with Crippen molar-refractivity contribution in [3.63, 3.8) is 0 Å². The van der Waals surface area contributed by atoms with Crippen LogP contribution in [0.2, 0.25) is 0 Å². The normalized spacial score (nSPS) is 12.5. The predicted molar refractivity (Wildman–Crippen MR) is 348 cm³/mol. The molecular formula is C74H132O6. The molecule has 0 amide bonds. The summed E-state index contributed by atoms with van der Waals surface area (Å²) < 4.78 is 16.8. The molecule has 0 aliphatic rings. The molecule has 0 bridgehead atoms. The third-order valence-electron chi connectivity index (χ3n) is 15.5. The van der Waals surface area contributed by atoms with E-state index in [4.69, 9.17) is 14.2 Å². The van der Waals surface area contributed by atoms with E-state index in [9.17, 15) is 14.4 Å². The van der Waals surface area contributed by atoms with Crippen molar-refractivity contribution in [3.8, 4) is 0 Å². The highest BCUT2D eigenvalue weighted by atomic mass is 16.6. The van der Waals surface area contributed by atoms with Crippen LogP contribution in [0.4, 0.5) is 0 Å². The Labute approximate surface area is 497 Å². The first-order chi connectivity index (χ1) is 39.5. The summed E-state index contributed by atoms with van der Waals surface area (Å²) >= 11 is 0. The molecule has 0 heterocycles. The van der Waals surface area contributed by atoms with E-state index in [1.807, 2.05) is 6.08 Å². The van der Waals surface area contributed by atoms with E-state index in [2.05, 4.69) is 87.6 Å². The fraction of sp³-hybridized carbons (Fsp3) is 0.797. The Morgan fingerprint density at radius 3 is 0.850 bits per heavy atom. The topological polar surface area (TPSA) is 78.9 Å². The van der Waals surface area contributed by atoms with Gasteiger partial charge in [0.25, 0.3) is 0 Å². The molecule has 0 rings (SSSR count). The van der Waals surface area contributed by atoms with Crippen LogP contribution >= 0.6 is 0 Å². The second kappa shape index (κ2) is 68.3. The first-order valence-corrected chi connectivity index (χ1v) is 34.9. The smallest absolute Gasteiger partial charge is 0.306 e. The van der Waals surface area contributed by atoms with Crippen LogP contribution in [0, 0.1) is 0 Å². The second-order valence-electron chi connectivity index (χ2n) is 23.4. The maximum Gasteiger partial charge on any atom is 0.306 e. The quantitative estimate of drug-likeness (QED) is 0.0261. The molecule has 0 aliphatic heterocycles. The van der Waals surface area contributed by atoms with Crippen molar-refractivity contribution in [2.24, 2.45) is 0 Å². The molecule has 0 aromatic heterocycles. The maximum atomic E-state index is 12.9. The van der Waals surface area contributed by atoms with Gasteiger partial charge in [-0.3, -0.25) is 14.4 Å². The Morgan fingerprint density at radius 1 is 0.263 bits per heavy atom. The summed E-state index contributed by atoms with van der Waals surface area (Å²) in [5.74, 6) is -0.984. The van der Waals surface area contributed by atoms with E-state index >= 15 is 0 Å². The minimum atomic E-state index is -0.811. The molecule has 80 heavy (non-hydrogen) atoms. The zero-order valence-corrected chi connectivity index (χ0v) is 53.3. The van der Waals surface area contributed by atoms with Gasteiger partial charge < -0.3 is 14.2 Å². The maximum absolute atomic E-state index is 12.9. The van der Waals surface area contributed by atoms with Gasteiger partial charge in [-0.05, 0) is 77.0 Å². The molecule has 0 N–H and O–H groups in total. The Balaban J connectivity index is 4.14. The lowest BCUT2D eigenvalue weighted by molar-refractivity contribution is -0.166. The highest BCUT2D eigenvalue weighted by Gasteiger charge is 2.19. The van der Waals surface area contributed by atoms with E-state index in [-0.39, 0.29) is 37.5 Å². The zero-order chi connectivity index (χ0) is 57.8. The Morgan fingerprint density at radius 2 is 0.512 bits per heavy atom. The number of ether oxygens (including phenoxy) is 3. The van der Waals surface area contributed by atoms with Crippen LogP contribution in [0.15, 0.2) is 72.9 Å². The van der Waals surface area contributed by atoms with Crippen LogP contribution in [-0.2, 0) is 28.6 Å². The molecule has 0 saturated carbocycles. The third-order valence-corrected chi connectivity index (χ3v) is 15.5.